The fraction of sp³-hybridized carbons (Fsp3) is 0.368. The van der Waals surface area contributed by atoms with Crippen LogP contribution in [0.1, 0.15) is 42.5 Å². The fourth-order valence-corrected chi connectivity index (χ4v) is 2.90. The predicted molar refractivity (Wildman–Crippen MR) is 89.6 cm³/mol. The standard InChI is InChI=1S/C19H22ClN/c1-2-14-3-5-15(6-4-14)13-21-19(16-7-8-16)17-9-11-18(20)12-10-17/h3-6,9-12,16,19,21H,2,7-8,13H2,1H3. The Balaban J connectivity index is 1.66. The lowest BCUT2D eigenvalue weighted by Crippen LogP contribution is -2.22. The van der Waals surface area contributed by atoms with Crippen molar-refractivity contribution >= 4 is 11.6 Å². The minimum atomic E-state index is 0.452. The summed E-state index contributed by atoms with van der Waals surface area (Å²) in [6.07, 6.45) is 3.76. The van der Waals surface area contributed by atoms with Gasteiger partial charge in [0.05, 0.1) is 0 Å². The Hall–Kier alpha value is -1.31. The number of benzene rings is 2. The van der Waals surface area contributed by atoms with Gasteiger partial charge in [0, 0.05) is 17.6 Å². The van der Waals surface area contributed by atoms with Crippen molar-refractivity contribution in [2.75, 3.05) is 0 Å². The van der Waals surface area contributed by atoms with Gasteiger partial charge in [-0.25, -0.2) is 0 Å². The maximum atomic E-state index is 5.99. The average molecular weight is 300 g/mol. The predicted octanol–water partition coefficient (Wildman–Crippen LogP) is 5.14. The molecule has 0 saturated heterocycles. The van der Waals surface area contributed by atoms with E-state index < -0.39 is 0 Å². The third-order valence-corrected chi connectivity index (χ3v) is 4.53. The van der Waals surface area contributed by atoms with E-state index in [2.05, 4.69) is 48.6 Å². The highest BCUT2D eigenvalue weighted by molar-refractivity contribution is 6.30. The van der Waals surface area contributed by atoms with Crippen LogP contribution in [0.3, 0.4) is 0 Å². The third-order valence-electron chi connectivity index (χ3n) is 4.28. The normalized spacial score (nSPS) is 15.9. The van der Waals surface area contributed by atoms with Crippen molar-refractivity contribution < 1.29 is 0 Å². The molecule has 21 heavy (non-hydrogen) atoms. The number of halogens is 1. The molecular formula is C19H22ClN. The van der Waals surface area contributed by atoms with Gasteiger partial charge in [0.15, 0.2) is 0 Å². The second kappa shape index (κ2) is 6.64. The minimum absolute atomic E-state index is 0.452. The molecule has 0 bridgehead atoms. The van der Waals surface area contributed by atoms with Gasteiger partial charge >= 0.3 is 0 Å². The summed E-state index contributed by atoms with van der Waals surface area (Å²) in [5, 5.41) is 4.54. The molecule has 110 valence electrons. The Labute approximate surface area is 132 Å². The first-order valence-electron chi connectivity index (χ1n) is 7.83. The number of nitrogens with one attached hydrogen (secondary N) is 1. The van der Waals surface area contributed by atoms with Gasteiger partial charge in [-0.05, 0) is 54.0 Å². The SMILES string of the molecule is CCc1ccc(CNC(c2ccc(Cl)cc2)C2CC2)cc1. The molecule has 1 fully saturated rings. The maximum Gasteiger partial charge on any atom is 0.0406 e. The molecule has 1 nitrogen and oxygen atoms in total. The molecule has 2 aromatic rings. The Kier molecular flexibility index (Phi) is 4.62. The van der Waals surface area contributed by atoms with Crippen molar-refractivity contribution in [2.24, 2.45) is 5.92 Å². The third kappa shape index (κ3) is 3.87. The van der Waals surface area contributed by atoms with E-state index in [0.717, 1.165) is 23.9 Å². The molecule has 3 rings (SSSR count). The van der Waals surface area contributed by atoms with Crippen LogP contribution in [-0.2, 0) is 13.0 Å². The highest BCUT2D eigenvalue weighted by atomic mass is 35.5. The Morgan fingerprint density at radius 3 is 2.19 bits per heavy atom. The summed E-state index contributed by atoms with van der Waals surface area (Å²) >= 11 is 5.99. The lowest BCUT2D eigenvalue weighted by Gasteiger charge is -2.19. The molecule has 1 N–H and O–H groups in total. The summed E-state index contributed by atoms with van der Waals surface area (Å²) in [6.45, 7) is 3.12. The van der Waals surface area contributed by atoms with Gasteiger partial charge in [0.25, 0.3) is 0 Å². The smallest absolute Gasteiger partial charge is 0.0406 e. The van der Waals surface area contributed by atoms with Crippen LogP contribution in [0.5, 0.6) is 0 Å². The molecule has 0 radical (unpaired) electrons. The summed E-state index contributed by atoms with van der Waals surface area (Å²) in [7, 11) is 0. The largest absolute Gasteiger partial charge is 0.306 e. The summed E-state index contributed by atoms with van der Waals surface area (Å²) in [4.78, 5) is 0. The molecule has 2 heteroatoms. The molecule has 0 spiro atoms. The lowest BCUT2D eigenvalue weighted by molar-refractivity contribution is 0.480. The van der Waals surface area contributed by atoms with Gasteiger partial charge in [-0.3, -0.25) is 0 Å². The minimum Gasteiger partial charge on any atom is -0.306 e. The van der Waals surface area contributed by atoms with Crippen LogP contribution in [0.25, 0.3) is 0 Å². The van der Waals surface area contributed by atoms with Crippen LogP contribution < -0.4 is 5.32 Å². The van der Waals surface area contributed by atoms with Gasteiger partial charge in [-0.2, -0.15) is 0 Å². The Morgan fingerprint density at radius 2 is 1.62 bits per heavy atom. The fourth-order valence-electron chi connectivity index (χ4n) is 2.78. The zero-order valence-electron chi connectivity index (χ0n) is 12.5. The number of hydrogen-bond acceptors (Lipinski definition) is 1. The Bertz CT molecular complexity index is 570. The molecule has 1 unspecified atom stereocenters. The van der Waals surface area contributed by atoms with E-state index in [1.165, 1.54) is 29.5 Å². The van der Waals surface area contributed by atoms with E-state index in [4.69, 9.17) is 11.6 Å². The molecule has 1 saturated carbocycles. The first kappa shape index (κ1) is 14.6. The second-order valence-electron chi connectivity index (χ2n) is 5.92. The summed E-state index contributed by atoms with van der Waals surface area (Å²) in [6, 6.07) is 17.7. The van der Waals surface area contributed by atoms with Crippen molar-refractivity contribution in [2.45, 2.75) is 38.8 Å². The van der Waals surface area contributed by atoms with Crippen LogP contribution in [0.15, 0.2) is 48.5 Å². The molecule has 1 aliphatic carbocycles. The zero-order valence-corrected chi connectivity index (χ0v) is 13.2. The maximum absolute atomic E-state index is 5.99. The second-order valence-corrected chi connectivity index (χ2v) is 6.35. The van der Waals surface area contributed by atoms with Crippen molar-refractivity contribution in [3.63, 3.8) is 0 Å². The Morgan fingerprint density at radius 1 is 1.00 bits per heavy atom. The van der Waals surface area contributed by atoms with E-state index >= 15 is 0 Å². The van der Waals surface area contributed by atoms with E-state index in [1.807, 2.05) is 12.1 Å². The van der Waals surface area contributed by atoms with Gasteiger partial charge in [0.1, 0.15) is 0 Å². The molecule has 1 aliphatic rings. The summed E-state index contributed by atoms with van der Waals surface area (Å²) in [5.74, 6) is 0.779. The van der Waals surface area contributed by atoms with Crippen molar-refractivity contribution in [1.82, 2.24) is 5.32 Å². The van der Waals surface area contributed by atoms with Crippen LogP contribution in [-0.4, -0.2) is 0 Å². The lowest BCUT2D eigenvalue weighted by atomic mass is 10.0. The molecular weight excluding hydrogens is 278 g/mol. The monoisotopic (exact) mass is 299 g/mol. The summed E-state index contributed by atoms with van der Waals surface area (Å²) in [5.41, 5.74) is 4.11. The number of hydrogen-bond donors (Lipinski definition) is 1. The molecule has 0 heterocycles. The average Bonchev–Trinajstić information content (AvgIpc) is 3.35. The van der Waals surface area contributed by atoms with Crippen molar-refractivity contribution in [1.29, 1.82) is 0 Å². The quantitative estimate of drug-likeness (QED) is 0.778. The van der Waals surface area contributed by atoms with Gasteiger partial charge in [-0.1, -0.05) is 54.9 Å². The van der Waals surface area contributed by atoms with Gasteiger partial charge in [0.2, 0.25) is 0 Å². The molecule has 1 atom stereocenters. The van der Waals surface area contributed by atoms with E-state index in [-0.39, 0.29) is 0 Å². The van der Waals surface area contributed by atoms with E-state index in [9.17, 15) is 0 Å². The zero-order chi connectivity index (χ0) is 14.7. The van der Waals surface area contributed by atoms with Gasteiger partial charge in [-0.15, -0.1) is 0 Å². The molecule has 0 aliphatic heterocycles. The van der Waals surface area contributed by atoms with E-state index in [1.54, 1.807) is 0 Å². The van der Waals surface area contributed by atoms with E-state index in [0.29, 0.717) is 6.04 Å². The van der Waals surface area contributed by atoms with Crippen molar-refractivity contribution in [3.8, 4) is 0 Å². The van der Waals surface area contributed by atoms with Crippen molar-refractivity contribution in [3.05, 3.63) is 70.2 Å². The number of aryl methyl sites for hydroxylation is 1. The topological polar surface area (TPSA) is 12.0 Å². The molecule has 2 aromatic carbocycles. The first-order valence-corrected chi connectivity index (χ1v) is 8.20. The molecule has 0 amide bonds. The van der Waals surface area contributed by atoms with Gasteiger partial charge < -0.3 is 5.32 Å². The molecule has 0 aromatic heterocycles. The van der Waals surface area contributed by atoms with Crippen LogP contribution in [0.2, 0.25) is 5.02 Å². The highest BCUT2D eigenvalue weighted by Gasteiger charge is 2.31. The van der Waals surface area contributed by atoms with Crippen LogP contribution >= 0.6 is 11.6 Å². The first-order chi connectivity index (χ1) is 10.3. The summed E-state index contributed by atoms with van der Waals surface area (Å²) < 4.78 is 0. The van der Waals surface area contributed by atoms with Crippen LogP contribution in [0.4, 0.5) is 0 Å². The number of rotatable bonds is 6. The highest BCUT2D eigenvalue weighted by Crippen LogP contribution is 2.41. The van der Waals surface area contributed by atoms with Crippen LogP contribution in [0, 0.1) is 5.92 Å².